The zero-order valence-corrected chi connectivity index (χ0v) is 17.6. The number of ether oxygens (including phenoxy) is 1. The Labute approximate surface area is 176 Å². The lowest BCUT2D eigenvalue weighted by molar-refractivity contribution is 0.0985. The SMILES string of the molecule is C[C@@H]1COCCN1c1cc(-c2ccccc2S(C)=O)c2cnn(-c3ccn[nH]3)c2n1. The van der Waals surface area contributed by atoms with E-state index < -0.39 is 10.8 Å². The zero-order chi connectivity index (χ0) is 20.7. The summed E-state index contributed by atoms with van der Waals surface area (Å²) in [6.45, 7) is 4.21. The Hall–Kier alpha value is -3.04. The Bertz CT molecular complexity index is 1220. The van der Waals surface area contributed by atoms with Gasteiger partial charge >= 0.3 is 0 Å². The summed E-state index contributed by atoms with van der Waals surface area (Å²) in [5, 5.41) is 12.5. The summed E-state index contributed by atoms with van der Waals surface area (Å²) in [5.41, 5.74) is 2.62. The largest absolute Gasteiger partial charge is 0.377 e. The minimum absolute atomic E-state index is 0.204. The second kappa shape index (κ2) is 7.66. The molecule has 2 atom stereocenters. The van der Waals surface area contributed by atoms with Crippen molar-refractivity contribution in [1.82, 2.24) is 25.0 Å². The quantitative estimate of drug-likeness (QED) is 0.544. The van der Waals surface area contributed by atoms with Crippen LogP contribution in [0.1, 0.15) is 6.92 Å². The van der Waals surface area contributed by atoms with Gasteiger partial charge in [0.1, 0.15) is 5.82 Å². The van der Waals surface area contributed by atoms with Crippen molar-refractivity contribution in [3.8, 4) is 16.9 Å². The molecule has 0 radical (unpaired) electrons. The van der Waals surface area contributed by atoms with Gasteiger partial charge in [0.2, 0.25) is 0 Å². The number of benzene rings is 1. The van der Waals surface area contributed by atoms with Gasteiger partial charge in [0.15, 0.2) is 11.5 Å². The molecule has 1 aliphatic rings. The number of anilines is 1. The summed E-state index contributed by atoms with van der Waals surface area (Å²) in [6.07, 6.45) is 5.20. The number of fused-ring (bicyclic) bond motifs is 1. The van der Waals surface area contributed by atoms with Crippen molar-refractivity contribution in [2.24, 2.45) is 0 Å². The van der Waals surface area contributed by atoms with Crippen molar-refractivity contribution < 1.29 is 8.95 Å². The molecule has 4 heterocycles. The van der Waals surface area contributed by atoms with E-state index in [1.807, 2.05) is 30.3 Å². The predicted molar refractivity (Wildman–Crippen MR) is 116 cm³/mol. The third kappa shape index (κ3) is 3.20. The highest BCUT2D eigenvalue weighted by molar-refractivity contribution is 7.84. The molecule has 1 N–H and O–H groups in total. The third-order valence-electron chi connectivity index (χ3n) is 5.39. The summed E-state index contributed by atoms with van der Waals surface area (Å²) in [7, 11) is -1.12. The highest BCUT2D eigenvalue weighted by Gasteiger charge is 2.24. The summed E-state index contributed by atoms with van der Waals surface area (Å²) < 4.78 is 19.8. The summed E-state index contributed by atoms with van der Waals surface area (Å²) >= 11 is 0. The van der Waals surface area contributed by atoms with E-state index in [1.165, 1.54) is 0 Å². The second-order valence-corrected chi connectivity index (χ2v) is 8.68. The number of hydrogen-bond donors (Lipinski definition) is 1. The average Bonchev–Trinajstić information content (AvgIpc) is 3.43. The van der Waals surface area contributed by atoms with Crippen molar-refractivity contribution >= 4 is 27.7 Å². The molecule has 0 spiro atoms. The number of aromatic amines is 1. The maximum atomic E-state index is 12.4. The molecule has 8 nitrogen and oxygen atoms in total. The minimum atomic E-state index is -1.12. The zero-order valence-electron chi connectivity index (χ0n) is 16.8. The average molecular weight is 423 g/mol. The molecule has 1 aromatic carbocycles. The van der Waals surface area contributed by atoms with E-state index in [1.54, 1.807) is 23.3 Å². The molecule has 0 amide bonds. The number of rotatable bonds is 4. The van der Waals surface area contributed by atoms with Crippen molar-refractivity contribution in [3.05, 3.63) is 48.8 Å². The molecule has 1 aliphatic heterocycles. The maximum Gasteiger partial charge on any atom is 0.167 e. The number of hydrogen-bond acceptors (Lipinski definition) is 6. The number of pyridine rings is 1. The molecule has 4 aromatic rings. The van der Waals surface area contributed by atoms with Gasteiger partial charge in [-0.3, -0.25) is 9.31 Å². The number of morpholine rings is 1. The van der Waals surface area contributed by atoms with Crippen LogP contribution in [0.5, 0.6) is 0 Å². The van der Waals surface area contributed by atoms with Gasteiger partial charge in [-0.05, 0) is 30.2 Å². The van der Waals surface area contributed by atoms with Crippen LogP contribution in [0.25, 0.3) is 28.0 Å². The Kier molecular flexibility index (Phi) is 4.84. The Morgan fingerprint density at radius 1 is 1.23 bits per heavy atom. The van der Waals surface area contributed by atoms with Gasteiger partial charge in [0, 0.05) is 29.1 Å². The van der Waals surface area contributed by atoms with Crippen LogP contribution in [0.4, 0.5) is 5.82 Å². The van der Waals surface area contributed by atoms with Gasteiger partial charge in [0.05, 0.1) is 42.4 Å². The first-order valence-electron chi connectivity index (χ1n) is 9.79. The number of H-pyrrole nitrogens is 1. The molecule has 1 fully saturated rings. The molecular weight excluding hydrogens is 400 g/mol. The van der Waals surface area contributed by atoms with Crippen molar-refractivity contribution in [2.75, 3.05) is 30.9 Å². The molecule has 5 rings (SSSR count). The van der Waals surface area contributed by atoms with Gasteiger partial charge in [-0.25, -0.2) is 4.98 Å². The lowest BCUT2D eigenvalue weighted by Gasteiger charge is -2.34. The van der Waals surface area contributed by atoms with Gasteiger partial charge < -0.3 is 9.64 Å². The highest BCUT2D eigenvalue weighted by atomic mass is 32.2. The predicted octanol–water partition coefficient (Wildman–Crippen LogP) is 2.77. The summed E-state index contributed by atoms with van der Waals surface area (Å²) in [5.74, 6) is 1.59. The summed E-state index contributed by atoms with van der Waals surface area (Å²) in [4.78, 5) is 8.02. The van der Waals surface area contributed by atoms with Crippen LogP contribution >= 0.6 is 0 Å². The molecule has 0 bridgehead atoms. The maximum absolute atomic E-state index is 12.4. The van der Waals surface area contributed by atoms with Crippen LogP contribution in [-0.4, -0.2) is 61.2 Å². The fraction of sp³-hybridized carbons (Fsp3) is 0.286. The van der Waals surface area contributed by atoms with Gasteiger partial charge in [-0.2, -0.15) is 14.9 Å². The molecule has 0 saturated carbocycles. The van der Waals surface area contributed by atoms with Crippen LogP contribution in [0.3, 0.4) is 0 Å². The van der Waals surface area contributed by atoms with Crippen LogP contribution < -0.4 is 4.90 Å². The van der Waals surface area contributed by atoms with Crippen LogP contribution in [0.15, 0.2) is 53.7 Å². The lowest BCUT2D eigenvalue weighted by Crippen LogP contribution is -2.44. The first kappa shape index (κ1) is 19.0. The first-order chi connectivity index (χ1) is 14.6. The Balaban J connectivity index is 1.78. The van der Waals surface area contributed by atoms with Crippen molar-refractivity contribution in [3.63, 3.8) is 0 Å². The fourth-order valence-corrected chi connectivity index (χ4v) is 4.67. The van der Waals surface area contributed by atoms with Crippen LogP contribution in [0, 0.1) is 0 Å². The van der Waals surface area contributed by atoms with E-state index in [2.05, 4.69) is 33.2 Å². The van der Waals surface area contributed by atoms with E-state index in [0.29, 0.717) is 13.2 Å². The Morgan fingerprint density at radius 3 is 2.87 bits per heavy atom. The number of nitrogens with one attached hydrogen (secondary N) is 1. The van der Waals surface area contributed by atoms with E-state index in [9.17, 15) is 4.21 Å². The molecule has 1 unspecified atom stereocenters. The second-order valence-electron chi connectivity index (χ2n) is 7.33. The van der Waals surface area contributed by atoms with Gasteiger partial charge in [-0.15, -0.1) is 0 Å². The third-order valence-corrected chi connectivity index (χ3v) is 6.37. The Morgan fingerprint density at radius 2 is 2.10 bits per heavy atom. The van der Waals surface area contributed by atoms with E-state index in [4.69, 9.17) is 9.72 Å². The smallest absolute Gasteiger partial charge is 0.167 e. The number of nitrogens with zero attached hydrogens (tertiary/aromatic N) is 5. The standard InChI is InChI=1S/C21H22N6O2S/c1-14-13-29-10-9-26(14)20-11-16(15-5-3-4-6-18(15)30(2)28)17-12-23-27(21(17)24-20)19-7-8-22-25-19/h3-8,11-12,14H,9-10,13H2,1-2H3,(H,22,25)/t14-,30?/m1/s1. The normalized spacial score (nSPS) is 18.1. The van der Waals surface area contributed by atoms with Gasteiger partial charge in [0.25, 0.3) is 0 Å². The lowest BCUT2D eigenvalue weighted by atomic mass is 10.0. The van der Waals surface area contributed by atoms with E-state index in [0.717, 1.165) is 45.2 Å². The topological polar surface area (TPSA) is 88.9 Å². The summed E-state index contributed by atoms with van der Waals surface area (Å²) in [6, 6.07) is 11.9. The van der Waals surface area contributed by atoms with E-state index >= 15 is 0 Å². The molecule has 0 aliphatic carbocycles. The minimum Gasteiger partial charge on any atom is -0.377 e. The molecule has 3 aromatic heterocycles. The van der Waals surface area contributed by atoms with Crippen LogP contribution in [-0.2, 0) is 15.5 Å². The monoisotopic (exact) mass is 422 g/mol. The molecular formula is C21H22N6O2S. The number of aromatic nitrogens is 5. The van der Waals surface area contributed by atoms with Crippen molar-refractivity contribution in [2.45, 2.75) is 17.9 Å². The molecule has 154 valence electrons. The fourth-order valence-electron chi connectivity index (χ4n) is 3.91. The van der Waals surface area contributed by atoms with E-state index in [-0.39, 0.29) is 6.04 Å². The first-order valence-corrected chi connectivity index (χ1v) is 11.3. The molecule has 30 heavy (non-hydrogen) atoms. The van der Waals surface area contributed by atoms with Crippen molar-refractivity contribution in [1.29, 1.82) is 0 Å². The molecule has 1 saturated heterocycles. The van der Waals surface area contributed by atoms with Crippen LogP contribution in [0.2, 0.25) is 0 Å². The van der Waals surface area contributed by atoms with Gasteiger partial charge in [-0.1, -0.05) is 18.2 Å². The molecule has 9 heteroatoms. The highest BCUT2D eigenvalue weighted by Crippen LogP contribution is 2.35.